The van der Waals surface area contributed by atoms with E-state index in [1.807, 2.05) is 23.5 Å². The van der Waals surface area contributed by atoms with Gasteiger partial charge >= 0.3 is 0 Å². The third-order valence-electron chi connectivity index (χ3n) is 2.91. The summed E-state index contributed by atoms with van der Waals surface area (Å²) in [6, 6.07) is 8.92. The van der Waals surface area contributed by atoms with Crippen molar-refractivity contribution in [3.8, 4) is 0 Å². The first kappa shape index (κ1) is 9.79. The topological polar surface area (TPSA) is 0 Å². The van der Waals surface area contributed by atoms with Crippen LogP contribution in [0.2, 0.25) is 0 Å². The lowest BCUT2D eigenvalue weighted by Gasteiger charge is -2.14. The Hall–Kier alpha value is -1.41. The summed E-state index contributed by atoms with van der Waals surface area (Å²) in [6.07, 6.45) is 4.47. The van der Waals surface area contributed by atoms with Crippen molar-refractivity contribution in [3.05, 3.63) is 63.6 Å². The zero-order valence-corrected chi connectivity index (χ0v) is 9.56. The lowest BCUT2D eigenvalue weighted by atomic mass is 9.92. The summed E-state index contributed by atoms with van der Waals surface area (Å²) < 4.78 is 12.9. The maximum Gasteiger partial charge on any atom is 0.123 e. The van der Waals surface area contributed by atoms with Gasteiger partial charge in [0.1, 0.15) is 5.82 Å². The number of aryl methyl sites for hydroxylation is 1. The van der Waals surface area contributed by atoms with Gasteiger partial charge in [-0.25, -0.2) is 4.39 Å². The highest BCUT2D eigenvalue weighted by molar-refractivity contribution is 7.10. The van der Waals surface area contributed by atoms with Crippen LogP contribution >= 0.6 is 11.3 Å². The predicted molar refractivity (Wildman–Crippen MR) is 66.1 cm³/mol. The first-order chi connectivity index (χ1) is 7.84. The number of rotatable bonds is 1. The normalized spacial score (nSPS) is 14.4. The Morgan fingerprint density at radius 2 is 1.88 bits per heavy atom. The van der Waals surface area contributed by atoms with E-state index in [1.54, 1.807) is 0 Å². The fraction of sp³-hybridized carbons (Fsp3) is 0.143. The molecule has 0 aliphatic heterocycles. The number of hydrogen-bond acceptors (Lipinski definition) is 1. The Morgan fingerprint density at radius 3 is 2.69 bits per heavy atom. The molecule has 0 radical (unpaired) electrons. The van der Waals surface area contributed by atoms with E-state index in [1.165, 1.54) is 28.1 Å². The van der Waals surface area contributed by atoms with Crippen molar-refractivity contribution in [1.29, 1.82) is 0 Å². The molecule has 0 atom stereocenters. The van der Waals surface area contributed by atoms with Crippen molar-refractivity contribution < 1.29 is 4.39 Å². The molecule has 1 aliphatic rings. The Kier molecular flexibility index (Phi) is 2.37. The van der Waals surface area contributed by atoms with Gasteiger partial charge in [-0.1, -0.05) is 18.2 Å². The van der Waals surface area contributed by atoms with Crippen LogP contribution in [0.15, 0.2) is 41.8 Å². The van der Waals surface area contributed by atoms with Gasteiger partial charge in [-0.2, -0.15) is 0 Å². The Morgan fingerprint density at radius 1 is 1.06 bits per heavy atom. The molecule has 0 unspecified atom stereocenters. The molecule has 0 saturated carbocycles. The molecule has 0 fully saturated rings. The molecule has 16 heavy (non-hydrogen) atoms. The second-order valence-corrected chi connectivity index (χ2v) is 4.92. The number of thiophene rings is 1. The van der Waals surface area contributed by atoms with Gasteiger partial charge in [0.2, 0.25) is 0 Å². The van der Waals surface area contributed by atoms with Crippen LogP contribution in [0.3, 0.4) is 0 Å². The number of fused-ring (bicyclic) bond motifs is 1. The molecule has 2 aromatic rings. The molecule has 1 heterocycles. The van der Waals surface area contributed by atoms with Crippen LogP contribution in [0.4, 0.5) is 4.39 Å². The highest BCUT2D eigenvalue weighted by Gasteiger charge is 2.14. The van der Waals surface area contributed by atoms with Gasteiger partial charge in [-0.15, -0.1) is 11.3 Å². The first-order valence-electron chi connectivity index (χ1n) is 5.37. The van der Waals surface area contributed by atoms with Crippen molar-refractivity contribution in [1.82, 2.24) is 0 Å². The summed E-state index contributed by atoms with van der Waals surface area (Å²) in [7, 11) is 0. The van der Waals surface area contributed by atoms with Gasteiger partial charge in [0.15, 0.2) is 0 Å². The van der Waals surface area contributed by atoms with Crippen LogP contribution in [0.25, 0.3) is 5.57 Å². The van der Waals surface area contributed by atoms with Gasteiger partial charge in [-0.05, 0) is 53.1 Å². The minimum absolute atomic E-state index is 0.175. The standard InChI is InChI=1S/C14H11FS/c15-11-6-4-10(5-7-11)12-2-1-3-14-13(12)8-9-16-14/h2,4-9H,1,3H2. The largest absolute Gasteiger partial charge is 0.207 e. The van der Waals surface area contributed by atoms with Crippen LogP contribution in [0.1, 0.15) is 22.4 Å². The van der Waals surface area contributed by atoms with Crippen LogP contribution in [-0.4, -0.2) is 0 Å². The Bertz CT molecular complexity index is 534. The molecule has 0 nitrogen and oxygen atoms in total. The number of benzene rings is 1. The van der Waals surface area contributed by atoms with E-state index in [4.69, 9.17) is 0 Å². The highest BCUT2D eigenvalue weighted by Crippen LogP contribution is 2.34. The van der Waals surface area contributed by atoms with Gasteiger partial charge in [0.05, 0.1) is 0 Å². The molecule has 80 valence electrons. The van der Waals surface area contributed by atoms with Gasteiger partial charge in [0.25, 0.3) is 0 Å². The molecular formula is C14H11FS. The van der Waals surface area contributed by atoms with Crippen molar-refractivity contribution in [2.24, 2.45) is 0 Å². The third-order valence-corrected chi connectivity index (χ3v) is 3.89. The summed E-state index contributed by atoms with van der Waals surface area (Å²) >= 11 is 1.81. The van der Waals surface area contributed by atoms with E-state index in [-0.39, 0.29) is 5.82 Å². The van der Waals surface area contributed by atoms with Crippen molar-refractivity contribution in [3.63, 3.8) is 0 Å². The summed E-state index contributed by atoms with van der Waals surface area (Å²) in [5.74, 6) is -0.175. The molecule has 1 aromatic heterocycles. The molecule has 3 rings (SSSR count). The number of hydrogen-bond donors (Lipinski definition) is 0. The molecule has 0 N–H and O–H groups in total. The van der Waals surface area contributed by atoms with E-state index in [0.29, 0.717) is 0 Å². The lowest BCUT2D eigenvalue weighted by molar-refractivity contribution is 0.627. The number of halogens is 1. The van der Waals surface area contributed by atoms with Crippen LogP contribution in [0.5, 0.6) is 0 Å². The van der Waals surface area contributed by atoms with Crippen LogP contribution in [-0.2, 0) is 6.42 Å². The molecule has 1 aliphatic carbocycles. The Balaban J connectivity index is 2.08. The molecule has 1 aromatic carbocycles. The van der Waals surface area contributed by atoms with E-state index < -0.39 is 0 Å². The van der Waals surface area contributed by atoms with E-state index in [9.17, 15) is 4.39 Å². The summed E-state index contributed by atoms with van der Waals surface area (Å²) in [5.41, 5.74) is 3.69. The van der Waals surface area contributed by atoms with Crippen LogP contribution < -0.4 is 0 Å². The average Bonchev–Trinajstić information content (AvgIpc) is 2.78. The van der Waals surface area contributed by atoms with E-state index in [2.05, 4.69) is 17.5 Å². The molecular weight excluding hydrogens is 219 g/mol. The fourth-order valence-electron chi connectivity index (χ4n) is 2.13. The molecule has 0 spiro atoms. The van der Waals surface area contributed by atoms with Crippen molar-refractivity contribution >= 4 is 16.9 Å². The summed E-state index contributed by atoms with van der Waals surface area (Å²) in [4.78, 5) is 1.45. The molecule has 0 bridgehead atoms. The van der Waals surface area contributed by atoms with E-state index in [0.717, 1.165) is 18.4 Å². The second kappa shape index (κ2) is 3.87. The quantitative estimate of drug-likeness (QED) is 0.686. The zero-order chi connectivity index (χ0) is 11.0. The third kappa shape index (κ3) is 1.59. The predicted octanol–water partition coefficient (Wildman–Crippen LogP) is 4.27. The maximum absolute atomic E-state index is 12.9. The highest BCUT2D eigenvalue weighted by atomic mass is 32.1. The SMILES string of the molecule is Fc1ccc(C2=CCCc3sccc32)cc1. The van der Waals surface area contributed by atoms with Gasteiger partial charge < -0.3 is 0 Å². The first-order valence-corrected chi connectivity index (χ1v) is 6.25. The minimum atomic E-state index is -0.175. The van der Waals surface area contributed by atoms with Gasteiger partial charge in [0, 0.05) is 4.88 Å². The molecule has 2 heteroatoms. The van der Waals surface area contributed by atoms with Gasteiger partial charge in [-0.3, -0.25) is 0 Å². The number of allylic oxidation sites excluding steroid dienone is 1. The zero-order valence-electron chi connectivity index (χ0n) is 8.74. The summed E-state index contributed by atoms with van der Waals surface area (Å²) in [5, 5.41) is 2.13. The van der Waals surface area contributed by atoms with Crippen molar-refractivity contribution in [2.45, 2.75) is 12.8 Å². The second-order valence-electron chi connectivity index (χ2n) is 3.92. The monoisotopic (exact) mass is 230 g/mol. The summed E-state index contributed by atoms with van der Waals surface area (Å²) in [6.45, 7) is 0. The fourth-order valence-corrected chi connectivity index (χ4v) is 3.04. The Labute approximate surface area is 98.1 Å². The molecule has 0 saturated heterocycles. The lowest BCUT2D eigenvalue weighted by Crippen LogP contribution is -1.96. The average molecular weight is 230 g/mol. The van der Waals surface area contributed by atoms with Crippen molar-refractivity contribution in [2.75, 3.05) is 0 Å². The maximum atomic E-state index is 12.9. The van der Waals surface area contributed by atoms with E-state index >= 15 is 0 Å². The smallest absolute Gasteiger partial charge is 0.123 e. The minimum Gasteiger partial charge on any atom is -0.207 e. The van der Waals surface area contributed by atoms with Crippen LogP contribution in [0, 0.1) is 5.82 Å². The molecule has 0 amide bonds.